The molecule has 0 bridgehead atoms. The minimum absolute atomic E-state index is 0.215. The molecule has 0 heterocycles. The fourth-order valence-corrected chi connectivity index (χ4v) is 2.16. The van der Waals surface area contributed by atoms with E-state index in [-0.39, 0.29) is 5.45 Å². The van der Waals surface area contributed by atoms with E-state index >= 15 is 0 Å². The molecule has 0 aliphatic heterocycles. The summed E-state index contributed by atoms with van der Waals surface area (Å²) >= 11 is 0. The first-order valence-corrected chi connectivity index (χ1v) is 5.70. The van der Waals surface area contributed by atoms with Gasteiger partial charge in [0.15, 0.2) is 0 Å². The van der Waals surface area contributed by atoms with Gasteiger partial charge in [0, 0.05) is 19.8 Å². The molecule has 0 N–H and O–H groups in total. The largest absolute Gasteiger partial charge is 0.383 e. The van der Waals surface area contributed by atoms with Gasteiger partial charge in [0.25, 0.3) is 0 Å². The summed E-state index contributed by atoms with van der Waals surface area (Å²) in [6.07, 6.45) is 0. The van der Waals surface area contributed by atoms with Gasteiger partial charge in [-0.1, -0.05) is 30.3 Å². The second-order valence-corrected chi connectivity index (χ2v) is 4.79. The molecule has 0 saturated heterocycles. The monoisotopic (exact) mass is 228 g/mol. The van der Waals surface area contributed by atoms with Crippen molar-refractivity contribution in [3.05, 3.63) is 35.9 Å². The molecule has 81 valence electrons. The van der Waals surface area contributed by atoms with Gasteiger partial charge in [0.05, 0.1) is 0 Å². The molecule has 1 rings (SSSR count). The van der Waals surface area contributed by atoms with Crippen LogP contribution in [0.5, 0.6) is 0 Å². The molecule has 0 atom stereocenters. The standard InChI is InChI=1S/C9H11NO4P/c1-13-15(12,14-2)9(10-11)8-6-4-3-5-7-8/h3-7H,1-2H3/b10-9+. The summed E-state index contributed by atoms with van der Waals surface area (Å²) in [5, 5.41) is 13.4. The quantitative estimate of drug-likeness (QED) is 0.451. The molecule has 0 aliphatic rings. The molecule has 15 heavy (non-hydrogen) atoms. The second-order valence-electron chi connectivity index (χ2n) is 2.64. The lowest BCUT2D eigenvalue weighted by Crippen LogP contribution is -2.05. The minimum atomic E-state index is -3.58. The number of nitrogens with zero attached hydrogens (tertiary/aromatic N) is 1. The van der Waals surface area contributed by atoms with Gasteiger partial charge in [-0.15, -0.1) is 5.21 Å². The molecule has 0 saturated carbocycles. The summed E-state index contributed by atoms with van der Waals surface area (Å²) in [6.45, 7) is 0. The van der Waals surface area contributed by atoms with Gasteiger partial charge in [0.1, 0.15) is 0 Å². The van der Waals surface area contributed by atoms with E-state index in [9.17, 15) is 9.77 Å². The Labute approximate surface area is 87.9 Å². The van der Waals surface area contributed by atoms with Crippen LogP contribution in [0, 0.1) is 0 Å². The molecule has 1 aromatic rings. The van der Waals surface area contributed by atoms with Crippen LogP contribution in [0.25, 0.3) is 0 Å². The highest BCUT2D eigenvalue weighted by atomic mass is 31.2. The van der Waals surface area contributed by atoms with Crippen LogP contribution in [0.4, 0.5) is 0 Å². The van der Waals surface area contributed by atoms with E-state index in [4.69, 9.17) is 9.05 Å². The predicted octanol–water partition coefficient (Wildman–Crippen LogP) is 2.26. The molecule has 0 amide bonds. The highest BCUT2D eigenvalue weighted by molar-refractivity contribution is 7.73. The lowest BCUT2D eigenvalue weighted by Gasteiger charge is -2.13. The molecule has 0 spiro atoms. The summed E-state index contributed by atoms with van der Waals surface area (Å²) in [5.41, 5.74) is 0.215. The van der Waals surface area contributed by atoms with Crippen LogP contribution in [0.15, 0.2) is 35.5 Å². The lowest BCUT2D eigenvalue weighted by molar-refractivity contribution is 0.208. The smallest absolute Gasteiger partial charge is 0.307 e. The van der Waals surface area contributed by atoms with E-state index in [0.717, 1.165) is 0 Å². The topological polar surface area (TPSA) is 67.8 Å². The average molecular weight is 228 g/mol. The summed E-state index contributed by atoms with van der Waals surface area (Å²) in [4.78, 5) is 0. The first-order chi connectivity index (χ1) is 7.18. The average Bonchev–Trinajstić information content (AvgIpc) is 2.31. The van der Waals surface area contributed by atoms with E-state index in [1.165, 1.54) is 14.2 Å². The molecule has 5 nitrogen and oxygen atoms in total. The third-order valence-electron chi connectivity index (χ3n) is 1.86. The van der Waals surface area contributed by atoms with E-state index in [0.29, 0.717) is 5.56 Å². The van der Waals surface area contributed by atoms with Crippen LogP contribution < -0.4 is 0 Å². The highest BCUT2D eigenvalue weighted by Crippen LogP contribution is 2.50. The number of hydrogen-bond acceptors (Lipinski definition) is 4. The zero-order valence-electron chi connectivity index (χ0n) is 8.41. The fraction of sp³-hybridized carbons (Fsp3) is 0.222. The molecule has 0 aromatic heterocycles. The van der Waals surface area contributed by atoms with Crippen molar-refractivity contribution in [3.8, 4) is 0 Å². The third kappa shape index (κ3) is 2.45. The van der Waals surface area contributed by atoms with Crippen molar-refractivity contribution in [2.45, 2.75) is 0 Å². The molecule has 0 aliphatic carbocycles. The molecule has 1 aromatic carbocycles. The molecular formula is C9H11NO4P. The SMILES string of the molecule is COP(=O)(OC)/C(=N/[O])c1ccccc1. The Bertz CT molecular complexity index is 382. The van der Waals surface area contributed by atoms with Crippen molar-refractivity contribution in [2.24, 2.45) is 5.16 Å². The van der Waals surface area contributed by atoms with E-state index in [2.05, 4.69) is 5.16 Å². The van der Waals surface area contributed by atoms with Crippen molar-refractivity contribution in [1.82, 2.24) is 0 Å². The van der Waals surface area contributed by atoms with Crippen molar-refractivity contribution in [1.29, 1.82) is 0 Å². The number of rotatable bonds is 4. The van der Waals surface area contributed by atoms with Crippen molar-refractivity contribution in [2.75, 3.05) is 14.2 Å². The Hall–Kier alpha value is -1.16. The fourth-order valence-electron chi connectivity index (χ4n) is 1.10. The molecule has 6 heteroatoms. The Morgan fingerprint density at radius 1 is 1.20 bits per heavy atom. The van der Waals surface area contributed by atoms with E-state index in [1.807, 2.05) is 0 Å². The van der Waals surface area contributed by atoms with Crippen LogP contribution in [0.1, 0.15) is 5.56 Å². The van der Waals surface area contributed by atoms with Crippen LogP contribution >= 0.6 is 7.60 Å². The summed E-state index contributed by atoms with van der Waals surface area (Å²) in [6, 6.07) is 8.41. The van der Waals surface area contributed by atoms with Crippen molar-refractivity contribution < 1.29 is 18.8 Å². The van der Waals surface area contributed by atoms with Crippen LogP contribution in [0.2, 0.25) is 0 Å². The van der Waals surface area contributed by atoms with Gasteiger partial charge in [-0.25, -0.2) is 0 Å². The Morgan fingerprint density at radius 3 is 2.13 bits per heavy atom. The second kappa shape index (κ2) is 5.07. The Morgan fingerprint density at radius 2 is 1.73 bits per heavy atom. The van der Waals surface area contributed by atoms with Crippen LogP contribution in [-0.2, 0) is 18.8 Å². The normalized spacial score (nSPS) is 12.8. The minimum Gasteiger partial charge on any atom is -0.307 e. The summed E-state index contributed by atoms with van der Waals surface area (Å²) in [7, 11) is -1.16. The first kappa shape index (κ1) is 11.9. The summed E-state index contributed by atoms with van der Waals surface area (Å²) < 4.78 is 21.3. The van der Waals surface area contributed by atoms with E-state index < -0.39 is 7.60 Å². The van der Waals surface area contributed by atoms with E-state index in [1.54, 1.807) is 30.3 Å². The predicted molar refractivity (Wildman–Crippen MR) is 55.3 cm³/mol. The van der Waals surface area contributed by atoms with Crippen LogP contribution in [-0.4, -0.2) is 19.7 Å². The maximum atomic E-state index is 11.9. The summed E-state index contributed by atoms with van der Waals surface area (Å²) in [5.74, 6) is 0. The van der Waals surface area contributed by atoms with Gasteiger partial charge in [-0.2, -0.15) is 0 Å². The maximum Gasteiger partial charge on any atom is 0.383 e. The zero-order valence-corrected chi connectivity index (χ0v) is 9.31. The zero-order chi connectivity index (χ0) is 11.3. The van der Waals surface area contributed by atoms with Gasteiger partial charge < -0.3 is 9.05 Å². The van der Waals surface area contributed by atoms with Gasteiger partial charge >= 0.3 is 7.60 Å². The van der Waals surface area contributed by atoms with Crippen molar-refractivity contribution in [3.63, 3.8) is 0 Å². The Balaban J connectivity index is 3.17. The maximum absolute atomic E-state index is 11.9. The lowest BCUT2D eigenvalue weighted by atomic mass is 10.2. The van der Waals surface area contributed by atoms with Crippen LogP contribution in [0.3, 0.4) is 0 Å². The molecular weight excluding hydrogens is 217 g/mol. The van der Waals surface area contributed by atoms with Gasteiger partial charge in [-0.3, -0.25) is 4.57 Å². The third-order valence-corrected chi connectivity index (χ3v) is 3.68. The molecule has 0 unspecified atom stereocenters. The molecule has 0 fully saturated rings. The number of hydrogen-bond donors (Lipinski definition) is 0. The number of benzene rings is 1. The first-order valence-electron chi connectivity index (χ1n) is 4.15. The Kier molecular flexibility index (Phi) is 4.03. The van der Waals surface area contributed by atoms with Gasteiger partial charge in [-0.05, 0) is 5.16 Å². The highest BCUT2D eigenvalue weighted by Gasteiger charge is 2.32. The van der Waals surface area contributed by atoms with Gasteiger partial charge in [0.2, 0.25) is 5.45 Å². The van der Waals surface area contributed by atoms with Crippen molar-refractivity contribution >= 4 is 13.0 Å². The molecule has 1 radical (unpaired) electrons.